The zero-order valence-corrected chi connectivity index (χ0v) is 5.69. The third-order valence-corrected chi connectivity index (χ3v) is 1.09. The van der Waals surface area contributed by atoms with Gasteiger partial charge in [0.25, 0.3) is 0 Å². The lowest BCUT2D eigenvalue weighted by atomic mass is 10.1. The van der Waals surface area contributed by atoms with Crippen LogP contribution in [-0.4, -0.2) is 28.8 Å². The number of aliphatic hydroxyl groups excluding tert-OH is 1. The predicted octanol–water partition coefficient (Wildman–Crippen LogP) is -1.51. The second kappa shape index (κ2) is 4.64. The van der Waals surface area contributed by atoms with Gasteiger partial charge in [0.15, 0.2) is 0 Å². The predicted molar refractivity (Wildman–Crippen MR) is 33.1 cm³/mol. The van der Waals surface area contributed by atoms with Crippen LogP contribution in [0.25, 0.3) is 0 Å². The van der Waals surface area contributed by atoms with Crippen molar-refractivity contribution in [3.8, 4) is 0 Å². The number of carboxylic acids is 1. The van der Waals surface area contributed by atoms with E-state index in [4.69, 9.17) is 10.2 Å². The maximum Gasteiger partial charge on any atom is 0.330 e. The fraction of sp³-hybridized carbons (Fsp3) is 0.600. The number of nitrogens with two attached hydrogens (primary N) is 1. The van der Waals surface area contributed by atoms with Crippen molar-refractivity contribution in [2.24, 2.45) is 11.8 Å². The van der Waals surface area contributed by atoms with Crippen LogP contribution in [0.3, 0.4) is 0 Å². The first-order chi connectivity index (χ1) is 5.11. The van der Waals surface area contributed by atoms with Gasteiger partial charge in [-0.05, 0) is 0 Å². The van der Waals surface area contributed by atoms with Crippen LogP contribution < -0.4 is 5.90 Å². The molecule has 0 bridgehead atoms. The number of rotatable bonds is 4. The van der Waals surface area contributed by atoms with Gasteiger partial charge in [0.05, 0.1) is 18.9 Å². The summed E-state index contributed by atoms with van der Waals surface area (Å²) in [6, 6.07) is 0. The zero-order chi connectivity index (χ0) is 8.85. The topological polar surface area (TPSA) is 110 Å². The molecule has 6 heteroatoms. The van der Waals surface area contributed by atoms with E-state index >= 15 is 0 Å². The third-order valence-electron chi connectivity index (χ3n) is 1.09. The van der Waals surface area contributed by atoms with E-state index in [9.17, 15) is 9.59 Å². The van der Waals surface area contributed by atoms with Gasteiger partial charge >= 0.3 is 11.9 Å². The molecule has 6 nitrogen and oxygen atoms in total. The molecule has 64 valence electrons. The third kappa shape index (κ3) is 3.54. The smallest absolute Gasteiger partial charge is 0.330 e. The molecule has 4 N–H and O–H groups in total. The molecule has 1 atom stereocenters. The SMILES string of the molecule is NOC(=O)C(CO)CC(=O)O. The number of aliphatic carboxylic acids is 1. The molecule has 0 saturated heterocycles. The summed E-state index contributed by atoms with van der Waals surface area (Å²) in [5.41, 5.74) is 0. The minimum Gasteiger partial charge on any atom is -0.481 e. The number of hydrogen-bond donors (Lipinski definition) is 3. The lowest BCUT2D eigenvalue weighted by molar-refractivity contribution is -0.155. The molecule has 0 aliphatic carbocycles. The molecule has 0 radical (unpaired) electrons. The first kappa shape index (κ1) is 9.86. The van der Waals surface area contributed by atoms with Crippen molar-refractivity contribution in [2.75, 3.05) is 6.61 Å². The van der Waals surface area contributed by atoms with E-state index in [1.54, 1.807) is 0 Å². The molecule has 0 aliphatic rings. The number of carbonyl (C=O) groups excluding carboxylic acids is 1. The van der Waals surface area contributed by atoms with Crippen molar-refractivity contribution in [1.29, 1.82) is 0 Å². The molecule has 0 amide bonds. The second-order valence-electron chi connectivity index (χ2n) is 1.91. The van der Waals surface area contributed by atoms with Crippen LogP contribution in [0.5, 0.6) is 0 Å². The van der Waals surface area contributed by atoms with Crippen LogP contribution in [0.15, 0.2) is 0 Å². The maximum absolute atomic E-state index is 10.5. The fourth-order valence-corrected chi connectivity index (χ4v) is 0.529. The van der Waals surface area contributed by atoms with E-state index in [1.165, 1.54) is 0 Å². The monoisotopic (exact) mass is 163 g/mol. The average molecular weight is 163 g/mol. The maximum atomic E-state index is 10.5. The van der Waals surface area contributed by atoms with E-state index in [0.717, 1.165) is 0 Å². The minimum atomic E-state index is -1.19. The number of aliphatic hydroxyl groups is 1. The van der Waals surface area contributed by atoms with Gasteiger partial charge in [-0.25, -0.2) is 4.79 Å². The Labute approximate surface area is 62.5 Å². The van der Waals surface area contributed by atoms with Crippen molar-refractivity contribution in [2.45, 2.75) is 6.42 Å². The second-order valence-corrected chi connectivity index (χ2v) is 1.91. The highest BCUT2D eigenvalue weighted by molar-refractivity contribution is 5.78. The Kier molecular flexibility index (Phi) is 4.16. The van der Waals surface area contributed by atoms with Gasteiger partial charge in [-0.2, -0.15) is 5.90 Å². The summed E-state index contributed by atoms with van der Waals surface area (Å²) in [6.07, 6.45) is -0.480. The van der Waals surface area contributed by atoms with Crippen LogP contribution in [-0.2, 0) is 14.4 Å². The van der Waals surface area contributed by atoms with E-state index in [0.29, 0.717) is 0 Å². The van der Waals surface area contributed by atoms with Crippen LogP contribution >= 0.6 is 0 Å². The Morgan fingerprint density at radius 3 is 2.36 bits per heavy atom. The normalized spacial score (nSPS) is 12.2. The van der Waals surface area contributed by atoms with Crippen LogP contribution in [0, 0.1) is 5.92 Å². The highest BCUT2D eigenvalue weighted by Crippen LogP contribution is 2.02. The lowest BCUT2D eigenvalue weighted by Gasteiger charge is -2.06. The van der Waals surface area contributed by atoms with Gasteiger partial charge in [0, 0.05) is 0 Å². The standard InChI is InChI=1S/C5H9NO5/c6-11-5(10)3(2-7)1-4(8)9/h3,7H,1-2,6H2,(H,8,9). The van der Waals surface area contributed by atoms with Crippen molar-refractivity contribution in [3.63, 3.8) is 0 Å². The van der Waals surface area contributed by atoms with E-state index < -0.39 is 30.9 Å². The Hall–Kier alpha value is -1.14. The molecule has 11 heavy (non-hydrogen) atoms. The summed E-state index contributed by atoms with van der Waals surface area (Å²) in [7, 11) is 0. The molecule has 0 fully saturated rings. The Morgan fingerprint density at radius 2 is 2.09 bits per heavy atom. The summed E-state index contributed by atoms with van der Waals surface area (Å²) in [6.45, 7) is -0.581. The van der Waals surface area contributed by atoms with E-state index in [1.807, 2.05) is 0 Å². The summed E-state index contributed by atoms with van der Waals surface area (Å²) in [4.78, 5) is 24.3. The number of carboxylic acid groups (broad SMARTS) is 1. The quantitative estimate of drug-likeness (QED) is 0.434. The molecule has 0 aromatic rings. The minimum absolute atomic E-state index is 0.480. The first-order valence-corrected chi connectivity index (χ1v) is 2.85. The lowest BCUT2D eigenvalue weighted by Crippen LogP contribution is -2.26. The van der Waals surface area contributed by atoms with Gasteiger partial charge in [0.2, 0.25) is 0 Å². The Morgan fingerprint density at radius 1 is 1.55 bits per heavy atom. The van der Waals surface area contributed by atoms with Gasteiger partial charge in [-0.15, -0.1) is 0 Å². The molecule has 0 aromatic carbocycles. The molecule has 0 aliphatic heterocycles. The van der Waals surface area contributed by atoms with Crippen LogP contribution in [0.1, 0.15) is 6.42 Å². The van der Waals surface area contributed by atoms with Crippen molar-refractivity contribution in [1.82, 2.24) is 0 Å². The van der Waals surface area contributed by atoms with E-state index in [-0.39, 0.29) is 0 Å². The molecule has 0 aromatic heterocycles. The fourth-order valence-electron chi connectivity index (χ4n) is 0.529. The first-order valence-electron chi connectivity index (χ1n) is 2.85. The highest BCUT2D eigenvalue weighted by Gasteiger charge is 2.21. The molecule has 1 unspecified atom stereocenters. The van der Waals surface area contributed by atoms with Crippen molar-refractivity contribution < 1.29 is 24.6 Å². The molecule has 0 spiro atoms. The summed E-state index contributed by atoms with van der Waals surface area (Å²) in [5, 5.41) is 16.7. The van der Waals surface area contributed by atoms with Gasteiger partial charge in [0.1, 0.15) is 0 Å². The molecular weight excluding hydrogens is 154 g/mol. The van der Waals surface area contributed by atoms with Gasteiger partial charge in [-0.3, -0.25) is 4.79 Å². The summed E-state index contributed by atoms with van der Waals surface area (Å²) < 4.78 is 0. The Bertz CT molecular complexity index is 157. The molecule has 0 saturated carbocycles. The average Bonchev–Trinajstić information content (AvgIpc) is 1.98. The van der Waals surface area contributed by atoms with Gasteiger partial charge < -0.3 is 15.1 Å². The molecular formula is C5H9NO5. The summed E-state index contributed by atoms with van der Waals surface area (Å²) in [5.74, 6) is 1.29. The number of hydrogen-bond acceptors (Lipinski definition) is 5. The van der Waals surface area contributed by atoms with E-state index in [2.05, 4.69) is 10.7 Å². The Balaban J connectivity index is 3.94. The van der Waals surface area contributed by atoms with Crippen LogP contribution in [0.4, 0.5) is 0 Å². The molecule has 0 heterocycles. The van der Waals surface area contributed by atoms with Gasteiger partial charge in [-0.1, -0.05) is 0 Å². The van der Waals surface area contributed by atoms with Crippen LogP contribution in [0.2, 0.25) is 0 Å². The van der Waals surface area contributed by atoms with Crippen molar-refractivity contribution in [3.05, 3.63) is 0 Å². The summed E-state index contributed by atoms with van der Waals surface area (Å²) >= 11 is 0. The zero-order valence-electron chi connectivity index (χ0n) is 5.69. The van der Waals surface area contributed by atoms with Crippen molar-refractivity contribution >= 4 is 11.9 Å². The largest absolute Gasteiger partial charge is 0.481 e. The highest BCUT2D eigenvalue weighted by atomic mass is 16.7. The number of carbonyl (C=O) groups is 2. The molecule has 0 rings (SSSR count).